The van der Waals surface area contributed by atoms with Crippen molar-refractivity contribution in [3.63, 3.8) is 0 Å². The lowest BCUT2D eigenvalue weighted by molar-refractivity contribution is 0.0940. The number of nitrogens with two attached hydrogens (primary N) is 1. The highest BCUT2D eigenvalue weighted by atomic mass is 32.1. The minimum absolute atomic E-state index is 0.114. The highest BCUT2D eigenvalue weighted by molar-refractivity contribution is 7.80. The SMILES string of the molecule is NC(=S)C(NC(=O)c1cc(F)ccc1O)C1CC1. The number of carbonyl (C=O) groups excluding carboxylic acids is 1. The third-order valence-corrected chi connectivity index (χ3v) is 3.14. The van der Waals surface area contributed by atoms with Gasteiger partial charge in [-0.1, -0.05) is 12.2 Å². The second-order valence-corrected chi connectivity index (χ2v) is 4.82. The quantitative estimate of drug-likeness (QED) is 0.720. The van der Waals surface area contributed by atoms with E-state index in [4.69, 9.17) is 18.0 Å². The smallest absolute Gasteiger partial charge is 0.255 e. The average Bonchev–Trinajstić information content (AvgIpc) is 3.12. The number of hydrogen-bond donors (Lipinski definition) is 3. The number of halogens is 1. The molecule has 4 nitrogen and oxygen atoms in total. The number of carbonyl (C=O) groups is 1. The second-order valence-electron chi connectivity index (χ2n) is 4.35. The molecule has 0 aromatic heterocycles. The fourth-order valence-electron chi connectivity index (χ4n) is 1.76. The Morgan fingerprint density at radius 2 is 2.22 bits per heavy atom. The predicted molar refractivity (Wildman–Crippen MR) is 68.8 cm³/mol. The molecule has 96 valence electrons. The Kier molecular flexibility index (Phi) is 3.47. The summed E-state index contributed by atoms with van der Waals surface area (Å²) in [7, 11) is 0. The van der Waals surface area contributed by atoms with Gasteiger partial charge >= 0.3 is 0 Å². The minimum atomic E-state index is -0.587. The topological polar surface area (TPSA) is 75.3 Å². The second kappa shape index (κ2) is 4.89. The zero-order valence-corrected chi connectivity index (χ0v) is 10.3. The molecule has 1 atom stereocenters. The third kappa shape index (κ3) is 2.76. The molecule has 0 spiro atoms. The van der Waals surface area contributed by atoms with Crippen LogP contribution in [-0.4, -0.2) is 22.0 Å². The van der Waals surface area contributed by atoms with Crippen LogP contribution in [0.2, 0.25) is 0 Å². The largest absolute Gasteiger partial charge is 0.507 e. The highest BCUT2D eigenvalue weighted by Crippen LogP contribution is 2.33. The molecule has 1 aromatic carbocycles. The number of phenols is 1. The Balaban J connectivity index is 2.15. The first kappa shape index (κ1) is 12.8. The molecule has 18 heavy (non-hydrogen) atoms. The Morgan fingerprint density at radius 3 is 2.78 bits per heavy atom. The number of amides is 1. The number of rotatable bonds is 4. The normalized spacial score (nSPS) is 16.1. The van der Waals surface area contributed by atoms with E-state index in [1.165, 1.54) is 0 Å². The van der Waals surface area contributed by atoms with Crippen LogP contribution >= 0.6 is 12.2 Å². The maximum absolute atomic E-state index is 13.0. The molecule has 0 heterocycles. The minimum Gasteiger partial charge on any atom is -0.507 e. The van der Waals surface area contributed by atoms with Crippen LogP contribution in [0.5, 0.6) is 5.75 Å². The van der Waals surface area contributed by atoms with Crippen molar-refractivity contribution in [2.75, 3.05) is 0 Å². The van der Waals surface area contributed by atoms with Crippen LogP contribution in [0.4, 0.5) is 4.39 Å². The van der Waals surface area contributed by atoms with E-state index in [2.05, 4.69) is 5.32 Å². The van der Waals surface area contributed by atoms with E-state index in [1.807, 2.05) is 0 Å². The summed E-state index contributed by atoms with van der Waals surface area (Å²) in [6, 6.07) is 2.80. The molecule has 4 N–H and O–H groups in total. The summed E-state index contributed by atoms with van der Waals surface area (Å²) in [5, 5.41) is 12.2. The van der Waals surface area contributed by atoms with Gasteiger partial charge in [-0.2, -0.15) is 0 Å². The first-order valence-electron chi connectivity index (χ1n) is 5.57. The van der Waals surface area contributed by atoms with Crippen molar-refractivity contribution >= 4 is 23.1 Å². The van der Waals surface area contributed by atoms with Crippen LogP contribution in [0, 0.1) is 11.7 Å². The summed E-state index contributed by atoms with van der Waals surface area (Å²) < 4.78 is 13.0. The molecule has 0 radical (unpaired) electrons. The molecule has 1 aromatic rings. The standard InChI is InChI=1S/C12H13FN2O2S/c13-7-3-4-9(16)8(5-7)12(17)15-10(11(14)18)6-1-2-6/h3-6,10,16H,1-2H2,(H2,14,18)(H,15,17). The number of aromatic hydroxyl groups is 1. The van der Waals surface area contributed by atoms with Crippen LogP contribution in [0.15, 0.2) is 18.2 Å². The van der Waals surface area contributed by atoms with Gasteiger partial charge in [0.05, 0.1) is 16.6 Å². The van der Waals surface area contributed by atoms with E-state index in [-0.39, 0.29) is 22.2 Å². The number of hydrogen-bond acceptors (Lipinski definition) is 3. The van der Waals surface area contributed by atoms with Crippen LogP contribution in [0.3, 0.4) is 0 Å². The van der Waals surface area contributed by atoms with Gasteiger partial charge in [-0.05, 0) is 37.0 Å². The molecule has 2 rings (SSSR count). The monoisotopic (exact) mass is 268 g/mol. The average molecular weight is 268 g/mol. The van der Waals surface area contributed by atoms with Gasteiger partial charge in [-0.15, -0.1) is 0 Å². The van der Waals surface area contributed by atoms with Gasteiger partial charge in [0.15, 0.2) is 0 Å². The van der Waals surface area contributed by atoms with E-state index in [0.29, 0.717) is 0 Å². The Hall–Kier alpha value is -1.69. The van der Waals surface area contributed by atoms with Gasteiger partial charge < -0.3 is 16.2 Å². The van der Waals surface area contributed by atoms with Gasteiger partial charge in [-0.25, -0.2) is 4.39 Å². The van der Waals surface area contributed by atoms with Crippen molar-refractivity contribution in [3.8, 4) is 5.75 Å². The Labute approximate surface area is 109 Å². The number of benzene rings is 1. The molecule has 1 saturated carbocycles. The van der Waals surface area contributed by atoms with Crippen molar-refractivity contribution in [3.05, 3.63) is 29.6 Å². The van der Waals surface area contributed by atoms with E-state index < -0.39 is 17.8 Å². The molecular weight excluding hydrogens is 255 g/mol. The van der Waals surface area contributed by atoms with Crippen LogP contribution in [0.25, 0.3) is 0 Å². The van der Waals surface area contributed by atoms with Crippen molar-refractivity contribution in [1.82, 2.24) is 5.32 Å². The molecule has 0 aliphatic heterocycles. The van der Waals surface area contributed by atoms with Crippen LogP contribution in [0.1, 0.15) is 23.2 Å². The van der Waals surface area contributed by atoms with E-state index in [9.17, 15) is 14.3 Å². The number of phenolic OH excluding ortho intramolecular Hbond substituents is 1. The van der Waals surface area contributed by atoms with Crippen LogP contribution < -0.4 is 11.1 Å². The molecule has 1 amide bonds. The summed E-state index contributed by atoms with van der Waals surface area (Å²) in [6.07, 6.45) is 1.91. The summed E-state index contributed by atoms with van der Waals surface area (Å²) in [5.41, 5.74) is 5.44. The van der Waals surface area contributed by atoms with Crippen LogP contribution in [-0.2, 0) is 0 Å². The first-order chi connectivity index (χ1) is 8.49. The van der Waals surface area contributed by atoms with E-state index >= 15 is 0 Å². The molecule has 0 bridgehead atoms. The van der Waals surface area contributed by atoms with E-state index in [0.717, 1.165) is 31.0 Å². The fraction of sp³-hybridized carbons (Fsp3) is 0.333. The molecule has 0 saturated heterocycles. The molecule has 6 heteroatoms. The molecule has 1 aliphatic carbocycles. The lowest BCUT2D eigenvalue weighted by Gasteiger charge is -2.17. The maximum Gasteiger partial charge on any atom is 0.255 e. The molecule has 1 unspecified atom stereocenters. The van der Waals surface area contributed by atoms with Crippen molar-refractivity contribution in [2.24, 2.45) is 11.7 Å². The lowest BCUT2D eigenvalue weighted by atomic mass is 10.1. The zero-order valence-electron chi connectivity index (χ0n) is 9.52. The van der Waals surface area contributed by atoms with E-state index in [1.54, 1.807) is 0 Å². The van der Waals surface area contributed by atoms with Gasteiger partial charge in [-0.3, -0.25) is 4.79 Å². The lowest BCUT2D eigenvalue weighted by Crippen LogP contribution is -2.45. The summed E-state index contributed by atoms with van der Waals surface area (Å²) in [4.78, 5) is 12.1. The van der Waals surface area contributed by atoms with Gasteiger partial charge in [0.1, 0.15) is 11.6 Å². The summed E-state index contributed by atoms with van der Waals surface area (Å²) in [5.74, 6) is -1.18. The molecule has 1 aliphatic rings. The highest BCUT2D eigenvalue weighted by Gasteiger charge is 2.34. The maximum atomic E-state index is 13.0. The Bertz CT molecular complexity index is 503. The predicted octanol–water partition coefficient (Wildman–Crippen LogP) is 1.33. The Morgan fingerprint density at radius 1 is 1.56 bits per heavy atom. The zero-order chi connectivity index (χ0) is 13.3. The van der Waals surface area contributed by atoms with Gasteiger partial charge in [0.2, 0.25) is 0 Å². The van der Waals surface area contributed by atoms with Crippen molar-refractivity contribution in [1.29, 1.82) is 0 Å². The van der Waals surface area contributed by atoms with Crippen molar-refractivity contribution < 1.29 is 14.3 Å². The molecule has 1 fully saturated rings. The summed E-state index contributed by atoms with van der Waals surface area (Å²) >= 11 is 4.89. The van der Waals surface area contributed by atoms with Gasteiger partial charge in [0, 0.05) is 0 Å². The first-order valence-corrected chi connectivity index (χ1v) is 5.98. The third-order valence-electron chi connectivity index (χ3n) is 2.89. The number of thiocarbonyl (C=S) groups is 1. The fourth-order valence-corrected chi connectivity index (χ4v) is 2.01. The van der Waals surface area contributed by atoms with Gasteiger partial charge in [0.25, 0.3) is 5.91 Å². The number of nitrogens with one attached hydrogen (secondary N) is 1. The molecular formula is C12H13FN2O2S. The van der Waals surface area contributed by atoms with Crippen molar-refractivity contribution in [2.45, 2.75) is 18.9 Å². The summed E-state index contributed by atoms with van der Waals surface area (Å²) in [6.45, 7) is 0.